The predicted molar refractivity (Wildman–Crippen MR) is 131 cm³/mol. The van der Waals surface area contributed by atoms with Crippen LogP contribution >= 0.6 is 34.4 Å². The molecule has 0 saturated heterocycles. The van der Waals surface area contributed by atoms with Crippen LogP contribution in [0.25, 0.3) is 22.4 Å². The SMILES string of the molecule is CCN1C(C)=CSC1=C/C=c1/sc(=Cc2sc3ccccc3[n+]2CC)n(CC)c1=O. The van der Waals surface area contributed by atoms with Gasteiger partial charge in [0.15, 0.2) is 0 Å². The zero-order valence-electron chi connectivity index (χ0n) is 17.7. The van der Waals surface area contributed by atoms with Crippen LogP contribution in [-0.4, -0.2) is 16.0 Å². The maximum absolute atomic E-state index is 13.0. The van der Waals surface area contributed by atoms with Crippen molar-refractivity contribution in [2.45, 2.75) is 40.8 Å². The molecule has 0 bridgehead atoms. The molecular weight excluding hydrogens is 430 g/mol. The average Bonchev–Trinajstić information content (AvgIpc) is 3.38. The van der Waals surface area contributed by atoms with Gasteiger partial charge >= 0.3 is 0 Å². The Hall–Kier alpha value is -2.09. The van der Waals surface area contributed by atoms with Crippen molar-refractivity contribution < 1.29 is 4.57 Å². The monoisotopic (exact) mass is 456 g/mol. The molecule has 0 aliphatic carbocycles. The molecule has 4 nitrogen and oxygen atoms in total. The summed E-state index contributed by atoms with van der Waals surface area (Å²) in [4.78, 5) is 15.3. The molecule has 156 valence electrons. The summed E-state index contributed by atoms with van der Waals surface area (Å²) in [5.74, 6) is 0. The summed E-state index contributed by atoms with van der Waals surface area (Å²) in [5, 5.41) is 4.51. The number of hydrogen-bond donors (Lipinski definition) is 0. The highest BCUT2D eigenvalue weighted by Gasteiger charge is 2.18. The van der Waals surface area contributed by atoms with E-state index in [1.54, 1.807) is 34.4 Å². The normalized spacial score (nSPS) is 17.0. The van der Waals surface area contributed by atoms with Gasteiger partial charge in [0.1, 0.15) is 15.9 Å². The molecule has 4 rings (SSSR count). The first-order chi connectivity index (χ1) is 14.6. The van der Waals surface area contributed by atoms with Gasteiger partial charge in [0.25, 0.3) is 10.6 Å². The topological polar surface area (TPSA) is 29.1 Å². The fraction of sp³-hybridized carbons (Fsp3) is 0.304. The summed E-state index contributed by atoms with van der Waals surface area (Å²) in [6.07, 6.45) is 6.22. The van der Waals surface area contributed by atoms with Gasteiger partial charge in [-0.25, -0.2) is 0 Å². The van der Waals surface area contributed by atoms with E-state index in [2.05, 4.69) is 72.1 Å². The van der Waals surface area contributed by atoms with Crippen LogP contribution in [0.1, 0.15) is 32.7 Å². The minimum Gasteiger partial charge on any atom is -0.340 e. The molecule has 0 unspecified atom stereocenters. The van der Waals surface area contributed by atoms with Gasteiger partial charge in [0.2, 0.25) is 5.52 Å². The van der Waals surface area contributed by atoms with Crippen LogP contribution < -0.4 is 19.3 Å². The first kappa shape index (κ1) is 21.2. The van der Waals surface area contributed by atoms with Gasteiger partial charge in [-0.05, 0) is 51.3 Å². The zero-order chi connectivity index (χ0) is 21.3. The molecule has 0 atom stereocenters. The number of nitrogens with zero attached hydrogens (tertiary/aromatic N) is 3. The van der Waals surface area contributed by atoms with Crippen LogP contribution in [-0.2, 0) is 13.1 Å². The smallest absolute Gasteiger partial charge is 0.269 e. The van der Waals surface area contributed by atoms with E-state index in [0.717, 1.165) is 22.3 Å². The average molecular weight is 457 g/mol. The van der Waals surface area contributed by atoms with Crippen molar-refractivity contribution in [1.82, 2.24) is 9.47 Å². The fourth-order valence-electron chi connectivity index (χ4n) is 3.68. The van der Waals surface area contributed by atoms with E-state index in [-0.39, 0.29) is 5.56 Å². The summed E-state index contributed by atoms with van der Waals surface area (Å²) < 4.78 is 7.24. The summed E-state index contributed by atoms with van der Waals surface area (Å²) in [5.41, 5.74) is 2.59. The maximum atomic E-state index is 13.0. The molecule has 0 N–H and O–H groups in total. The zero-order valence-corrected chi connectivity index (χ0v) is 20.2. The third kappa shape index (κ3) is 3.82. The van der Waals surface area contributed by atoms with Gasteiger partial charge < -0.3 is 4.90 Å². The van der Waals surface area contributed by atoms with Gasteiger partial charge in [0, 0.05) is 24.9 Å². The number of thioether (sulfide) groups is 1. The first-order valence-corrected chi connectivity index (χ1v) is 12.7. The Kier molecular flexibility index (Phi) is 6.32. The Morgan fingerprint density at radius 3 is 2.60 bits per heavy atom. The van der Waals surface area contributed by atoms with E-state index >= 15 is 0 Å². The van der Waals surface area contributed by atoms with Crippen molar-refractivity contribution in [2.75, 3.05) is 6.54 Å². The second-order valence-corrected chi connectivity index (χ2v) is 9.96. The lowest BCUT2D eigenvalue weighted by Crippen LogP contribution is -2.35. The number of rotatable bonds is 5. The molecule has 3 heterocycles. The van der Waals surface area contributed by atoms with Gasteiger partial charge in [-0.3, -0.25) is 9.36 Å². The van der Waals surface area contributed by atoms with Crippen molar-refractivity contribution in [3.8, 4) is 0 Å². The summed E-state index contributed by atoms with van der Waals surface area (Å²) in [7, 11) is 0. The Bertz CT molecular complexity index is 1320. The summed E-state index contributed by atoms with van der Waals surface area (Å²) in [6.45, 7) is 11.0. The molecule has 0 saturated carbocycles. The van der Waals surface area contributed by atoms with E-state index in [0.29, 0.717) is 6.54 Å². The predicted octanol–water partition coefficient (Wildman–Crippen LogP) is 3.83. The molecule has 0 fully saturated rings. The quantitative estimate of drug-likeness (QED) is 0.547. The summed E-state index contributed by atoms with van der Waals surface area (Å²) in [6, 6.07) is 8.47. The van der Waals surface area contributed by atoms with Gasteiger partial charge in [-0.2, -0.15) is 4.57 Å². The lowest BCUT2D eigenvalue weighted by Gasteiger charge is -2.18. The van der Waals surface area contributed by atoms with Gasteiger partial charge in [0.05, 0.1) is 15.6 Å². The molecule has 2 aromatic heterocycles. The molecule has 0 spiro atoms. The highest BCUT2D eigenvalue weighted by molar-refractivity contribution is 8.06. The second-order valence-electron chi connectivity index (χ2n) is 6.94. The molecule has 0 radical (unpaired) electrons. The van der Waals surface area contributed by atoms with Crippen molar-refractivity contribution in [2.24, 2.45) is 0 Å². The number of fused-ring (bicyclic) bond motifs is 1. The highest BCUT2D eigenvalue weighted by Crippen LogP contribution is 2.33. The van der Waals surface area contributed by atoms with E-state index < -0.39 is 0 Å². The second kappa shape index (κ2) is 8.96. The van der Waals surface area contributed by atoms with E-state index in [1.165, 1.54) is 26.0 Å². The number of aromatic nitrogens is 2. The van der Waals surface area contributed by atoms with Crippen LogP contribution in [0.5, 0.6) is 0 Å². The third-order valence-corrected chi connectivity index (χ3v) is 8.44. The van der Waals surface area contributed by atoms with Crippen LogP contribution in [0.2, 0.25) is 0 Å². The van der Waals surface area contributed by atoms with Crippen molar-refractivity contribution in [3.63, 3.8) is 0 Å². The molecular formula is C23H26N3OS3+. The Balaban J connectivity index is 1.83. The number of hydrogen-bond acceptors (Lipinski definition) is 5. The third-order valence-electron chi connectivity index (χ3n) is 5.19. The molecule has 0 amide bonds. The molecule has 3 aromatic rings. The van der Waals surface area contributed by atoms with Crippen LogP contribution in [0.15, 0.2) is 51.3 Å². The first-order valence-electron chi connectivity index (χ1n) is 10.2. The fourth-order valence-corrected chi connectivity index (χ4v) is 6.93. The Morgan fingerprint density at radius 2 is 1.87 bits per heavy atom. The number of benzene rings is 1. The maximum Gasteiger partial charge on any atom is 0.269 e. The van der Waals surface area contributed by atoms with Gasteiger partial charge in [-0.15, -0.1) is 11.3 Å². The minimum absolute atomic E-state index is 0.0884. The molecule has 1 aliphatic rings. The van der Waals surface area contributed by atoms with Crippen molar-refractivity contribution in [3.05, 3.63) is 71.0 Å². The van der Waals surface area contributed by atoms with E-state index in [1.807, 2.05) is 17.6 Å². The van der Waals surface area contributed by atoms with Crippen molar-refractivity contribution in [1.29, 1.82) is 0 Å². The largest absolute Gasteiger partial charge is 0.340 e. The highest BCUT2D eigenvalue weighted by atomic mass is 32.2. The number of para-hydroxylation sites is 1. The Labute approximate surface area is 188 Å². The lowest BCUT2D eigenvalue weighted by atomic mass is 10.3. The van der Waals surface area contributed by atoms with E-state index in [4.69, 9.17) is 0 Å². The van der Waals surface area contributed by atoms with Crippen LogP contribution in [0.3, 0.4) is 0 Å². The summed E-state index contributed by atoms with van der Waals surface area (Å²) >= 11 is 5.06. The molecule has 30 heavy (non-hydrogen) atoms. The van der Waals surface area contributed by atoms with Crippen LogP contribution in [0.4, 0.5) is 0 Å². The van der Waals surface area contributed by atoms with E-state index in [9.17, 15) is 4.79 Å². The molecule has 1 aliphatic heterocycles. The molecule has 7 heteroatoms. The number of thiazole rings is 2. The Morgan fingerprint density at radius 1 is 1.07 bits per heavy atom. The van der Waals surface area contributed by atoms with Gasteiger partial charge in [-0.1, -0.05) is 35.2 Å². The minimum atomic E-state index is 0.0884. The van der Waals surface area contributed by atoms with Crippen LogP contribution in [0, 0.1) is 0 Å². The number of allylic oxidation sites excluding steroid dienone is 2. The standard InChI is InChI=1S/C23H26N3OS3/c1-5-24-16(4)15-28-20(24)13-12-19-23(27)26(7-3)22(30-19)14-21-25(6-2)17-10-8-9-11-18(17)29-21/h8-15H,5-7H2,1-4H3/q+1/b19-12+,20-13?. The number of aryl methyl sites for hydroxylation is 1. The van der Waals surface area contributed by atoms with Crippen molar-refractivity contribution >= 4 is 56.8 Å². The lowest BCUT2D eigenvalue weighted by molar-refractivity contribution is -0.665. The molecule has 1 aromatic carbocycles.